The van der Waals surface area contributed by atoms with Crippen molar-refractivity contribution in [1.29, 1.82) is 0 Å². The number of carbonyl (C=O) groups is 1. The molecule has 0 aliphatic carbocycles. The maximum absolute atomic E-state index is 12.7. The number of nitrogens with zero attached hydrogens (tertiary/aromatic N) is 2. The van der Waals surface area contributed by atoms with Gasteiger partial charge in [-0.2, -0.15) is 4.31 Å². The van der Waals surface area contributed by atoms with Gasteiger partial charge in [-0.15, -0.1) is 11.3 Å². The van der Waals surface area contributed by atoms with E-state index in [0.29, 0.717) is 36.8 Å². The minimum atomic E-state index is -3.50. The summed E-state index contributed by atoms with van der Waals surface area (Å²) in [5.41, 5.74) is 1.25. The first kappa shape index (κ1) is 24.2. The van der Waals surface area contributed by atoms with Crippen molar-refractivity contribution in [2.75, 3.05) is 33.2 Å². The molecule has 1 amide bonds. The Bertz CT molecular complexity index is 957. The van der Waals surface area contributed by atoms with E-state index in [1.54, 1.807) is 12.1 Å². The number of amides is 1. The van der Waals surface area contributed by atoms with E-state index in [-0.39, 0.29) is 22.0 Å². The molecule has 0 saturated carbocycles. The Morgan fingerprint density at radius 3 is 2.52 bits per heavy atom. The Kier molecular flexibility index (Phi) is 8.52. The number of hydrogen-bond acceptors (Lipinski definition) is 5. The smallest absolute Gasteiger partial charge is 0.252 e. The highest BCUT2D eigenvalue weighted by atomic mass is 35.5. The summed E-state index contributed by atoms with van der Waals surface area (Å²) in [6.07, 6.45) is 1.36. The van der Waals surface area contributed by atoms with Gasteiger partial charge in [-0.3, -0.25) is 4.79 Å². The first-order valence-corrected chi connectivity index (χ1v) is 13.2. The molecule has 9 heteroatoms. The molecule has 6 nitrogen and oxygen atoms in total. The number of rotatable bonds is 9. The maximum Gasteiger partial charge on any atom is 0.252 e. The van der Waals surface area contributed by atoms with Crippen molar-refractivity contribution < 1.29 is 13.2 Å². The van der Waals surface area contributed by atoms with Crippen LogP contribution in [0.2, 0.25) is 4.34 Å². The van der Waals surface area contributed by atoms with Gasteiger partial charge in [-0.25, -0.2) is 8.42 Å². The average molecular weight is 484 g/mol. The van der Waals surface area contributed by atoms with Crippen LogP contribution in [-0.4, -0.2) is 56.8 Å². The van der Waals surface area contributed by atoms with Crippen LogP contribution in [0.3, 0.4) is 0 Å². The maximum atomic E-state index is 12.7. The van der Waals surface area contributed by atoms with Gasteiger partial charge < -0.3 is 10.2 Å². The number of likely N-dealkylation sites (N-methyl/N-ethyl adjacent to an activating group) is 1. The van der Waals surface area contributed by atoms with Crippen molar-refractivity contribution in [3.63, 3.8) is 0 Å². The zero-order chi connectivity index (χ0) is 22.4. The number of halogens is 1. The van der Waals surface area contributed by atoms with E-state index >= 15 is 0 Å². The molecule has 1 aliphatic heterocycles. The molecule has 31 heavy (non-hydrogen) atoms. The third-order valence-corrected chi connectivity index (χ3v) is 9.45. The molecular weight excluding hydrogens is 454 g/mol. The van der Waals surface area contributed by atoms with Crippen LogP contribution in [0.5, 0.6) is 0 Å². The van der Waals surface area contributed by atoms with Crippen LogP contribution in [-0.2, 0) is 21.4 Å². The van der Waals surface area contributed by atoms with E-state index in [4.69, 9.17) is 11.6 Å². The van der Waals surface area contributed by atoms with E-state index in [2.05, 4.69) is 22.3 Å². The fourth-order valence-corrected chi connectivity index (χ4v) is 7.01. The first-order chi connectivity index (χ1) is 14.8. The molecule has 0 unspecified atom stereocenters. The van der Waals surface area contributed by atoms with Gasteiger partial charge in [0, 0.05) is 38.6 Å². The van der Waals surface area contributed by atoms with E-state index in [1.807, 2.05) is 32.2 Å². The second-order valence-corrected chi connectivity index (χ2v) is 12.0. The quantitative estimate of drug-likeness (QED) is 0.590. The van der Waals surface area contributed by atoms with Crippen LogP contribution in [0.25, 0.3) is 0 Å². The lowest BCUT2D eigenvalue weighted by molar-refractivity contribution is -0.126. The number of hydrogen-bond donors (Lipinski definition) is 1. The molecule has 1 aliphatic rings. The molecule has 0 bridgehead atoms. The van der Waals surface area contributed by atoms with Gasteiger partial charge in [0.2, 0.25) is 5.91 Å². The number of piperidine rings is 1. The lowest BCUT2D eigenvalue weighted by Crippen LogP contribution is -2.43. The third kappa shape index (κ3) is 6.52. The Morgan fingerprint density at radius 1 is 1.23 bits per heavy atom. The molecule has 1 N–H and O–H groups in total. The Hall–Kier alpha value is -1.45. The van der Waals surface area contributed by atoms with Crippen molar-refractivity contribution in [3.05, 3.63) is 52.4 Å². The summed E-state index contributed by atoms with van der Waals surface area (Å²) in [6.45, 7) is 5.01. The standard InChI is InChI=1S/C22H30ClN3O3S2/c1-17(22(27)24-12-15-25(2)16-18-6-4-3-5-7-18)19-10-13-26(14-11-19)31(28,29)21-9-8-20(23)30-21/h3-9,17,19H,10-16H2,1-2H3,(H,24,27)/t17-/m1/s1. The Labute approximate surface area is 194 Å². The van der Waals surface area contributed by atoms with Crippen LogP contribution in [0, 0.1) is 11.8 Å². The van der Waals surface area contributed by atoms with Gasteiger partial charge in [0.1, 0.15) is 4.21 Å². The fourth-order valence-electron chi connectivity index (χ4n) is 3.90. The van der Waals surface area contributed by atoms with Crippen molar-refractivity contribution in [2.24, 2.45) is 11.8 Å². The topological polar surface area (TPSA) is 69.7 Å². The van der Waals surface area contributed by atoms with Crippen LogP contribution in [0.1, 0.15) is 25.3 Å². The zero-order valence-electron chi connectivity index (χ0n) is 18.0. The van der Waals surface area contributed by atoms with Gasteiger partial charge in [-0.05, 0) is 43.5 Å². The number of benzene rings is 1. The largest absolute Gasteiger partial charge is 0.355 e. The molecule has 0 spiro atoms. The highest BCUT2D eigenvalue weighted by Crippen LogP contribution is 2.32. The molecule has 1 fully saturated rings. The second-order valence-electron chi connectivity index (χ2n) is 8.10. The fraction of sp³-hybridized carbons (Fsp3) is 0.500. The summed E-state index contributed by atoms with van der Waals surface area (Å²) in [7, 11) is -1.46. The molecule has 3 rings (SSSR count). The summed E-state index contributed by atoms with van der Waals surface area (Å²) in [5.74, 6) is 0.0837. The van der Waals surface area contributed by atoms with Gasteiger partial charge in [0.05, 0.1) is 4.34 Å². The highest BCUT2D eigenvalue weighted by molar-refractivity contribution is 7.91. The van der Waals surface area contributed by atoms with E-state index in [0.717, 1.165) is 24.4 Å². The predicted octanol–water partition coefficient (Wildman–Crippen LogP) is 3.69. The van der Waals surface area contributed by atoms with Crippen LogP contribution in [0.15, 0.2) is 46.7 Å². The Morgan fingerprint density at radius 2 is 1.90 bits per heavy atom. The first-order valence-electron chi connectivity index (χ1n) is 10.5. The summed E-state index contributed by atoms with van der Waals surface area (Å²) < 4.78 is 27.7. The summed E-state index contributed by atoms with van der Waals surface area (Å²) in [6, 6.07) is 13.4. The lowest BCUT2D eigenvalue weighted by Gasteiger charge is -2.33. The normalized spacial score (nSPS) is 17.0. The van der Waals surface area contributed by atoms with Crippen LogP contribution >= 0.6 is 22.9 Å². The number of thiophene rings is 1. The average Bonchev–Trinajstić information content (AvgIpc) is 3.21. The molecule has 0 radical (unpaired) electrons. The molecule has 170 valence electrons. The minimum absolute atomic E-state index is 0.0412. The lowest BCUT2D eigenvalue weighted by atomic mass is 9.85. The predicted molar refractivity (Wildman–Crippen MR) is 126 cm³/mol. The SMILES string of the molecule is C[C@@H](C(=O)NCCN(C)Cc1ccccc1)C1CCN(S(=O)(=O)c2ccc(Cl)s2)CC1. The molecule has 2 heterocycles. The monoisotopic (exact) mass is 483 g/mol. The number of nitrogens with one attached hydrogen (secondary N) is 1. The summed E-state index contributed by atoms with van der Waals surface area (Å²) >= 11 is 6.97. The van der Waals surface area contributed by atoms with E-state index in [9.17, 15) is 13.2 Å². The zero-order valence-corrected chi connectivity index (χ0v) is 20.3. The van der Waals surface area contributed by atoms with E-state index < -0.39 is 10.0 Å². The van der Waals surface area contributed by atoms with Crippen molar-refractivity contribution in [1.82, 2.24) is 14.5 Å². The van der Waals surface area contributed by atoms with Crippen molar-refractivity contribution in [3.8, 4) is 0 Å². The number of carbonyl (C=O) groups excluding carboxylic acids is 1. The molecule has 1 atom stereocenters. The van der Waals surface area contributed by atoms with Gasteiger partial charge in [0.15, 0.2) is 0 Å². The molecule has 1 saturated heterocycles. The van der Waals surface area contributed by atoms with Crippen molar-refractivity contribution >= 4 is 38.9 Å². The molecule has 2 aromatic rings. The van der Waals surface area contributed by atoms with Gasteiger partial charge in [0.25, 0.3) is 10.0 Å². The Balaban J connectivity index is 1.41. The van der Waals surface area contributed by atoms with Crippen molar-refractivity contribution in [2.45, 2.75) is 30.5 Å². The summed E-state index contributed by atoms with van der Waals surface area (Å²) in [4.78, 5) is 14.8. The van der Waals surface area contributed by atoms with Crippen LogP contribution < -0.4 is 5.32 Å². The highest BCUT2D eigenvalue weighted by Gasteiger charge is 2.34. The van der Waals surface area contributed by atoms with Gasteiger partial charge >= 0.3 is 0 Å². The van der Waals surface area contributed by atoms with E-state index in [1.165, 1.54) is 9.87 Å². The molecule has 1 aromatic heterocycles. The minimum Gasteiger partial charge on any atom is -0.355 e. The third-order valence-electron chi connectivity index (χ3n) is 5.85. The van der Waals surface area contributed by atoms with Gasteiger partial charge in [-0.1, -0.05) is 48.9 Å². The molecule has 1 aromatic carbocycles. The number of sulfonamides is 1. The van der Waals surface area contributed by atoms with Crippen LogP contribution in [0.4, 0.5) is 0 Å². The second kappa shape index (κ2) is 10.9. The summed E-state index contributed by atoms with van der Waals surface area (Å²) in [5, 5.41) is 3.04. The molecular formula is C22H30ClN3O3S2.